The second kappa shape index (κ2) is 7.59. The third kappa shape index (κ3) is 4.06. The Labute approximate surface area is 130 Å². The lowest BCUT2D eigenvalue weighted by Gasteiger charge is -2.26. The molecule has 0 bridgehead atoms. The third-order valence-electron chi connectivity index (χ3n) is 4.19. The zero-order chi connectivity index (χ0) is 15.2. The predicted molar refractivity (Wildman–Crippen MR) is 85.1 cm³/mol. The van der Waals surface area contributed by atoms with Crippen LogP contribution in [0, 0.1) is 5.92 Å². The summed E-state index contributed by atoms with van der Waals surface area (Å²) >= 11 is 1.68. The van der Waals surface area contributed by atoms with Gasteiger partial charge in [0.1, 0.15) is 0 Å². The molecule has 21 heavy (non-hydrogen) atoms. The summed E-state index contributed by atoms with van der Waals surface area (Å²) in [5, 5.41) is 5.19. The van der Waals surface area contributed by atoms with Gasteiger partial charge in [0, 0.05) is 17.8 Å². The molecule has 1 aliphatic rings. The van der Waals surface area contributed by atoms with Gasteiger partial charge in [-0.25, -0.2) is 0 Å². The number of likely N-dealkylation sites (tertiary alicyclic amines) is 1. The Morgan fingerprint density at radius 2 is 2.19 bits per heavy atom. The molecule has 0 radical (unpaired) electrons. The first-order chi connectivity index (χ1) is 10.2. The molecule has 1 aromatic heterocycles. The standard InChI is InChI=1S/C16H24N2O2S/c1-3-12(4-2)16(13-7-6-10-21-13)17-14(19)11-18-9-5-8-15(18)20/h6-7,10,12,16H,3-5,8-9,11H2,1-2H3,(H,17,19). The van der Waals surface area contributed by atoms with Gasteiger partial charge in [-0.1, -0.05) is 32.8 Å². The van der Waals surface area contributed by atoms with Crippen LogP contribution in [0.3, 0.4) is 0 Å². The molecule has 1 fully saturated rings. The van der Waals surface area contributed by atoms with Crippen molar-refractivity contribution in [2.75, 3.05) is 13.1 Å². The van der Waals surface area contributed by atoms with E-state index in [0.29, 0.717) is 18.9 Å². The largest absolute Gasteiger partial charge is 0.347 e. The minimum Gasteiger partial charge on any atom is -0.347 e. The number of hydrogen-bond acceptors (Lipinski definition) is 3. The van der Waals surface area contributed by atoms with E-state index in [1.807, 2.05) is 11.4 Å². The average Bonchev–Trinajstić information content (AvgIpc) is 3.12. The van der Waals surface area contributed by atoms with Crippen LogP contribution in [-0.4, -0.2) is 29.8 Å². The lowest BCUT2D eigenvalue weighted by atomic mass is 9.93. The monoisotopic (exact) mass is 308 g/mol. The van der Waals surface area contributed by atoms with E-state index in [2.05, 4.69) is 25.2 Å². The van der Waals surface area contributed by atoms with Crippen molar-refractivity contribution in [3.63, 3.8) is 0 Å². The Morgan fingerprint density at radius 1 is 1.43 bits per heavy atom. The number of carbonyl (C=O) groups is 2. The predicted octanol–water partition coefficient (Wildman–Crippen LogP) is 2.96. The van der Waals surface area contributed by atoms with E-state index >= 15 is 0 Å². The zero-order valence-electron chi connectivity index (χ0n) is 12.8. The molecule has 5 heteroatoms. The van der Waals surface area contributed by atoms with E-state index in [1.165, 1.54) is 4.88 Å². The molecule has 1 saturated heterocycles. The van der Waals surface area contributed by atoms with E-state index in [1.54, 1.807) is 16.2 Å². The summed E-state index contributed by atoms with van der Waals surface area (Å²) in [5.41, 5.74) is 0. The third-order valence-corrected chi connectivity index (χ3v) is 5.15. The van der Waals surface area contributed by atoms with Crippen LogP contribution < -0.4 is 5.32 Å². The maximum Gasteiger partial charge on any atom is 0.240 e. The molecule has 2 amide bonds. The molecule has 4 nitrogen and oxygen atoms in total. The summed E-state index contributed by atoms with van der Waals surface area (Å²) in [6, 6.07) is 4.16. The van der Waals surface area contributed by atoms with Crippen molar-refractivity contribution in [3.8, 4) is 0 Å². The summed E-state index contributed by atoms with van der Waals surface area (Å²) in [7, 11) is 0. The van der Waals surface area contributed by atoms with Gasteiger partial charge >= 0.3 is 0 Å². The van der Waals surface area contributed by atoms with E-state index < -0.39 is 0 Å². The van der Waals surface area contributed by atoms with Crippen LogP contribution in [0.15, 0.2) is 17.5 Å². The fourth-order valence-corrected chi connectivity index (χ4v) is 3.78. The number of rotatable bonds is 7. The molecule has 2 heterocycles. The number of nitrogens with zero attached hydrogens (tertiary/aromatic N) is 1. The Morgan fingerprint density at radius 3 is 2.71 bits per heavy atom. The maximum atomic E-state index is 12.3. The average molecular weight is 308 g/mol. The van der Waals surface area contributed by atoms with Crippen LogP contribution in [0.2, 0.25) is 0 Å². The van der Waals surface area contributed by atoms with E-state index in [9.17, 15) is 9.59 Å². The van der Waals surface area contributed by atoms with Crippen molar-refractivity contribution in [2.24, 2.45) is 5.92 Å². The number of thiophene rings is 1. The quantitative estimate of drug-likeness (QED) is 0.842. The van der Waals surface area contributed by atoms with Gasteiger partial charge < -0.3 is 10.2 Å². The first-order valence-electron chi connectivity index (χ1n) is 7.76. The van der Waals surface area contributed by atoms with Gasteiger partial charge in [-0.15, -0.1) is 11.3 Å². The summed E-state index contributed by atoms with van der Waals surface area (Å²) in [4.78, 5) is 26.8. The van der Waals surface area contributed by atoms with Gasteiger partial charge in [-0.2, -0.15) is 0 Å². The molecular weight excluding hydrogens is 284 g/mol. The minimum atomic E-state index is -0.0458. The normalized spacial score (nSPS) is 16.5. The van der Waals surface area contributed by atoms with Gasteiger partial charge in [-0.05, 0) is 23.8 Å². The van der Waals surface area contributed by atoms with Gasteiger partial charge in [-0.3, -0.25) is 9.59 Å². The summed E-state index contributed by atoms with van der Waals surface area (Å²) < 4.78 is 0. The number of carbonyl (C=O) groups excluding carboxylic acids is 2. The number of hydrogen-bond donors (Lipinski definition) is 1. The van der Waals surface area contributed by atoms with Crippen molar-refractivity contribution in [2.45, 2.75) is 45.6 Å². The molecule has 1 aliphatic heterocycles. The highest BCUT2D eigenvalue weighted by molar-refractivity contribution is 7.10. The Bertz CT molecular complexity index is 469. The first kappa shape index (κ1) is 16.0. The van der Waals surface area contributed by atoms with Crippen LogP contribution in [0.4, 0.5) is 0 Å². The minimum absolute atomic E-state index is 0.0458. The van der Waals surface area contributed by atoms with Crippen molar-refractivity contribution in [1.29, 1.82) is 0 Å². The number of nitrogens with one attached hydrogen (secondary N) is 1. The van der Waals surface area contributed by atoms with Gasteiger partial charge in [0.2, 0.25) is 11.8 Å². The van der Waals surface area contributed by atoms with Crippen molar-refractivity contribution >= 4 is 23.2 Å². The van der Waals surface area contributed by atoms with E-state index in [0.717, 1.165) is 19.3 Å². The molecule has 1 aromatic rings. The highest BCUT2D eigenvalue weighted by Gasteiger charge is 2.26. The Balaban J connectivity index is 2.01. The van der Waals surface area contributed by atoms with E-state index in [-0.39, 0.29) is 24.4 Å². The Hall–Kier alpha value is -1.36. The van der Waals surface area contributed by atoms with Crippen molar-refractivity contribution in [1.82, 2.24) is 10.2 Å². The molecule has 0 saturated carbocycles. The smallest absolute Gasteiger partial charge is 0.240 e. The molecule has 1 N–H and O–H groups in total. The topological polar surface area (TPSA) is 49.4 Å². The fraction of sp³-hybridized carbons (Fsp3) is 0.625. The summed E-state index contributed by atoms with van der Waals surface area (Å²) in [6.07, 6.45) is 3.51. The molecule has 2 rings (SSSR count). The van der Waals surface area contributed by atoms with E-state index in [4.69, 9.17) is 0 Å². The van der Waals surface area contributed by atoms with Crippen LogP contribution in [0.25, 0.3) is 0 Å². The number of amides is 2. The molecular formula is C16H24N2O2S. The Kier molecular flexibility index (Phi) is 5.79. The summed E-state index contributed by atoms with van der Waals surface area (Å²) in [5.74, 6) is 0.484. The van der Waals surface area contributed by atoms with Crippen molar-refractivity contribution in [3.05, 3.63) is 22.4 Å². The second-order valence-corrected chi connectivity index (χ2v) is 6.54. The molecule has 0 aliphatic carbocycles. The van der Waals surface area contributed by atoms with Gasteiger partial charge in [0.15, 0.2) is 0 Å². The van der Waals surface area contributed by atoms with Crippen LogP contribution in [0.5, 0.6) is 0 Å². The lowest BCUT2D eigenvalue weighted by Crippen LogP contribution is -2.41. The van der Waals surface area contributed by atoms with Crippen LogP contribution in [0.1, 0.15) is 50.4 Å². The van der Waals surface area contributed by atoms with Crippen LogP contribution in [-0.2, 0) is 9.59 Å². The van der Waals surface area contributed by atoms with Gasteiger partial charge in [0.05, 0.1) is 12.6 Å². The SMILES string of the molecule is CCC(CC)C(NC(=O)CN1CCCC1=O)c1cccs1. The molecule has 0 aromatic carbocycles. The molecule has 0 spiro atoms. The highest BCUT2D eigenvalue weighted by Crippen LogP contribution is 2.30. The maximum absolute atomic E-state index is 12.3. The lowest BCUT2D eigenvalue weighted by molar-refractivity contribution is -0.133. The first-order valence-corrected chi connectivity index (χ1v) is 8.64. The highest BCUT2D eigenvalue weighted by atomic mass is 32.1. The zero-order valence-corrected chi connectivity index (χ0v) is 13.6. The molecule has 116 valence electrons. The second-order valence-electron chi connectivity index (χ2n) is 5.56. The fourth-order valence-electron chi connectivity index (χ4n) is 2.91. The molecule has 1 unspecified atom stereocenters. The summed E-state index contributed by atoms with van der Waals surface area (Å²) in [6.45, 7) is 5.22. The van der Waals surface area contributed by atoms with Crippen LogP contribution >= 0.6 is 11.3 Å². The van der Waals surface area contributed by atoms with Gasteiger partial charge in [0.25, 0.3) is 0 Å². The van der Waals surface area contributed by atoms with Crippen molar-refractivity contribution < 1.29 is 9.59 Å². The molecule has 1 atom stereocenters.